The Bertz CT molecular complexity index is 298. The molecule has 1 heterocycles. The van der Waals surface area contributed by atoms with Crippen LogP contribution in [0, 0.1) is 0 Å². The first kappa shape index (κ1) is 6.34. The zero-order valence-corrected chi connectivity index (χ0v) is 6.03. The lowest BCUT2D eigenvalue weighted by Crippen LogP contribution is -2.14. The topological polar surface area (TPSA) is 34.9 Å². The molecule has 0 fully saturated rings. The van der Waals surface area contributed by atoms with E-state index < -0.39 is 0 Å². The summed E-state index contributed by atoms with van der Waals surface area (Å²) in [4.78, 5) is 15.1. The van der Waals surface area contributed by atoms with Gasteiger partial charge in [0, 0.05) is 18.0 Å². The van der Waals surface area contributed by atoms with E-state index in [0.29, 0.717) is 0 Å². The second-order valence-electron chi connectivity index (χ2n) is 2.54. The highest BCUT2D eigenvalue weighted by Crippen LogP contribution is 2.19. The van der Waals surface area contributed by atoms with Crippen LogP contribution in [0.4, 0.5) is 0 Å². The third-order valence-electron chi connectivity index (χ3n) is 1.82. The van der Waals surface area contributed by atoms with Crippen LogP contribution in [0.3, 0.4) is 0 Å². The van der Waals surface area contributed by atoms with E-state index in [9.17, 15) is 4.79 Å². The fourth-order valence-corrected chi connectivity index (χ4v) is 1.03. The minimum absolute atomic E-state index is 0.0637. The van der Waals surface area contributed by atoms with Crippen molar-refractivity contribution in [3.8, 4) is 0 Å². The molecule has 0 spiro atoms. The van der Waals surface area contributed by atoms with E-state index in [2.05, 4.69) is 4.98 Å². The summed E-state index contributed by atoms with van der Waals surface area (Å²) in [6.07, 6.45) is 8.72. The Kier molecular flexibility index (Phi) is 1.35. The fraction of sp³-hybridized carbons (Fsp3) is 0.250. The number of hydrogen-bond acceptors (Lipinski definition) is 2. The standard InChI is InChI=1S/C8H8N2O/c11-8(7-2-1-3-7)10-5-4-9-6-10/h2,4-6H,1,3H2. The maximum atomic E-state index is 11.3. The van der Waals surface area contributed by atoms with Gasteiger partial charge in [0.15, 0.2) is 0 Å². The van der Waals surface area contributed by atoms with Crippen LogP contribution in [0.2, 0.25) is 0 Å². The molecule has 0 saturated heterocycles. The van der Waals surface area contributed by atoms with Crippen molar-refractivity contribution in [1.29, 1.82) is 0 Å². The van der Waals surface area contributed by atoms with Crippen LogP contribution in [0.1, 0.15) is 17.6 Å². The molecule has 0 aliphatic heterocycles. The van der Waals surface area contributed by atoms with Gasteiger partial charge in [-0.3, -0.25) is 9.36 Å². The number of hydrogen-bond donors (Lipinski definition) is 0. The first-order valence-electron chi connectivity index (χ1n) is 3.59. The SMILES string of the molecule is O=C(C1=CCC1)n1ccnc1. The van der Waals surface area contributed by atoms with Crippen molar-refractivity contribution in [3.05, 3.63) is 30.4 Å². The van der Waals surface area contributed by atoms with Gasteiger partial charge in [-0.1, -0.05) is 6.08 Å². The van der Waals surface area contributed by atoms with E-state index in [0.717, 1.165) is 18.4 Å². The van der Waals surface area contributed by atoms with Crippen molar-refractivity contribution < 1.29 is 4.79 Å². The molecule has 3 heteroatoms. The normalized spacial score (nSPS) is 15.5. The van der Waals surface area contributed by atoms with Gasteiger partial charge in [-0.15, -0.1) is 0 Å². The lowest BCUT2D eigenvalue weighted by atomic mass is 9.98. The Hall–Kier alpha value is -1.38. The van der Waals surface area contributed by atoms with Gasteiger partial charge in [-0.25, -0.2) is 4.98 Å². The summed E-state index contributed by atoms with van der Waals surface area (Å²) < 4.78 is 1.50. The predicted octanol–water partition coefficient (Wildman–Crippen LogP) is 1.24. The van der Waals surface area contributed by atoms with Crippen LogP contribution in [0.15, 0.2) is 30.4 Å². The molecule has 11 heavy (non-hydrogen) atoms. The number of rotatable bonds is 1. The van der Waals surface area contributed by atoms with Gasteiger partial charge in [-0.05, 0) is 12.8 Å². The van der Waals surface area contributed by atoms with Gasteiger partial charge in [0.25, 0.3) is 5.91 Å². The third-order valence-corrected chi connectivity index (χ3v) is 1.82. The lowest BCUT2D eigenvalue weighted by molar-refractivity contribution is 0.0946. The minimum Gasteiger partial charge on any atom is -0.273 e. The number of allylic oxidation sites excluding steroid dienone is 2. The van der Waals surface area contributed by atoms with Gasteiger partial charge in [0.05, 0.1) is 0 Å². The van der Waals surface area contributed by atoms with Crippen molar-refractivity contribution in [2.75, 3.05) is 0 Å². The smallest absolute Gasteiger partial charge is 0.258 e. The van der Waals surface area contributed by atoms with Gasteiger partial charge in [0.1, 0.15) is 6.33 Å². The van der Waals surface area contributed by atoms with Crippen LogP contribution in [0.25, 0.3) is 0 Å². The summed E-state index contributed by atoms with van der Waals surface area (Å²) in [6.45, 7) is 0. The molecule has 1 aromatic heterocycles. The van der Waals surface area contributed by atoms with Crippen molar-refractivity contribution in [3.63, 3.8) is 0 Å². The monoisotopic (exact) mass is 148 g/mol. The molecule has 0 amide bonds. The van der Waals surface area contributed by atoms with Gasteiger partial charge < -0.3 is 0 Å². The Morgan fingerprint density at radius 2 is 2.45 bits per heavy atom. The van der Waals surface area contributed by atoms with Crippen molar-refractivity contribution in [2.24, 2.45) is 0 Å². The van der Waals surface area contributed by atoms with Crippen LogP contribution >= 0.6 is 0 Å². The largest absolute Gasteiger partial charge is 0.273 e. The highest BCUT2D eigenvalue weighted by Gasteiger charge is 2.15. The number of aromatic nitrogens is 2. The van der Waals surface area contributed by atoms with Crippen molar-refractivity contribution >= 4 is 5.91 Å². The molecule has 0 atom stereocenters. The number of carbonyl (C=O) groups is 1. The molecule has 3 nitrogen and oxygen atoms in total. The molecule has 0 unspecified atom stereocenters. The Balaban J connectivity index is 2.24. The average molecular weight is 148 g/mol. The quantitative estimate of drug-likeness (QED) is 0.600. The minimum atomic E-state index is 0.0637. The first-order valence-corrected chi connectivity index (χ1v) is 3.59. The summed E-state index contributed by atoms with van der Waals surface area (Å²) in [5.74, 6) is 0.0637. The van der Waals surface area contributed by atoms with Crippen LogP contribution in [-0.2, 0) is 0 Å². The molecule has 1 aliphatic carbocycles. The van der Waals surface area contributed by atoms with Crippen LogP contribution < -0.4 is 0 Å². The molecule has 1 aromatic rings. The van der Waals surface area contributed by atoms with E-state index in [-0.39, 0.29) is 5.91 Å². The Labute approximate surface area is 64.4 Å². The molecule has 2 rings (SSSR count). The molecule has 0 N–H and O–H groups in total. The van der Waals surface area contributed by atoms with Crippen LogP contribution in [-0.4, -0.2) is 15.5 Å². The molecule has 1 aliphatic rings. The summed E-state index contributed by atoms with van der Waals surface area (Å²) in [6, 6.07) is 0. The second-order valence-corrected chi connectivity index (χ2v) is 2.54. The highest BCUT2D eigenvalue weighted by atomic mass is 16.2. The fourth-order valence-electron chi connectivity index (χ4n) is 1.03. The van der Waals surface area contributed by atoms with Crippen molar-refractivity contribution in [1.82, 2.24) is 9.55 Å². The van der Waals surface area contributed by atoms with Gasteiger partial charge in [-0.2, -0.15) is 0 Å². The average Bonchev–Trinajstić information content (AvgIpc) is 2.32. The Morgan fingerprint density at radius 1 is 1.64 bits per heavy atom. The first-order chi connectivity index (χ1) is 5.38. The van der Waals surface area contributed by atoms with E-state index in [1.807, 2.05) is 6.08 Å². The van der Waals surface area contributed by atoms with E-state index in [1.54, 1.807) is 12.4 Å². The summed E-state index contributed by atoms with van der Waals surface area (Å²) in [7, 11) is 0. The van der Waals surface area contributed by atoms with E-state index in [4.69, 9.17) is 0 Å². The third kappa shape index (κ3) is 0.981. The molecule has 0 radical (unpaired) electrons. The second kappa shape index (κ2) is 2.34. The van der Waals surface area contributed by atoms with E-state index in [1.165, 1.54) is 10.9 Å². The Morgan fingerprint density at radius 3 is 2.91 bits per heavy atom. The van der Waals surface area contributed by atoms with Gasteiger partial charge in [0.2, 0.25) is 0 Å². The molecule has 0 saturated carbocycles. The zero-order valence-electron chi connectivity index (χ0n) is 6.03. The van der Waals surface area contributed by atoms with Crippen LogP contribution in [0.5, 0.6) is 0 Å². The maximum Gasteiger partial charge on any atom is 0.258 e. The molecule has 0 bridgehead atoms. The zero-order chi connectivity index (χ0) is 7.68. The summed E-state index contributed by atoms with van der Waals surface area (Å²) in [5, 5.41) is 0. The van der Waals surface area contributed by atoms with E-state index >= 15 is 0 Å². The molecule has 0 aromatic carbocycles. The lowest BCUT2D eigenvalue weighted by Gasteiger charge is -2.12. The van der Waals surface area contributed by atoms with Crippen molar-refractivity contribution in [2.45, 2.75) is 12.8 Å². The highest BCUT2D eigenvalue weighted by molar-refractivity contribution is 5.96. The summed E-state index contributed by atoms with van der Waals surface area (Å²) >= 11 is 0. The number of nitrogens with zero attached hydrogens (tertiary/aromatic N) is 2. The number of carbonyl (C=O) groups excluding carboxylic acids is 1. The molecular weight excluding hydrogens is 140 g/mol. The number of imidazole rings is 1. The van der Waals surface area contributed by atoms with Gasteiger partial charge >= 0.3 is 0 Å². The predicted molar refractivity (Wildman–Crippen MR) is 40.2 cm³/mol. The molecule has 56 valence electrons. The molecular formula is C8H8N2O. The maximum absolute atomic E-state index is 11.3. The summed E-state index contributed by atoms with van der Waals surface area (Å²) in [5.41, 5.74) is 0.906.